The SMILES string of the molecule is CCc1n[nH]c(CN(C)C(=O)c2ccc(CC3CC[C@H]([C@H](C)c4ccccc4)C3)cc2)c1C. The van der Waals surface area contributed by atoms with Gasteiger partial charge in [0.05, 0.1) is 17.9 Å². The van der Waals surface area contributed by atoms with E-state index in [2.05, 4.69) is 73.4 Å². The van der Waals surface area contributed by atoms with Gasteiger partial charge in [0, 0.05) is 12.6 Å². The summed E-state index contributed by atoms with van der Waals surface area (Å²) in [6.07, 6.45) is 5.91. The van der Waals surface area contributed by atoms with Crippen molar-refractivity contribution in [1.82, 2.24) is 15.1 Å². The Labute approximate surface area is 198 Å². The van der Waals surface area contributed by atoms with Crippen molar-refractivity contribution in [2.45, 2.75) is 65.3 Å². The molecule has 3 aromatic rings. The number of aromatic nitrogens is 2. The van der Waals surface area contributed by atoms with Gasteiger partial charge in [0.1, 0.15) is 0 Å². The second-order valence-electron chi connectivity index (χ2n) is 9.83. The molecule has 4 heteroatoms. The van der Waals surface area contributed by atoms with Crippen molar-refractivity contribution in [3.05, 3.63) is 88.2 Å². The average molecular weight is 444 g/mol. The van der Waals surface area contributed by atoms with Gasteiger partial charge in [-0.15, -0.1) is 0 Å². The first-order valence-corrected chi connectivity index (χ1v) is 12.4. The standard InChI is InChI=1S/C29H37N3O/c1-5-27-21(3)28(31-30-27)19-32(4)29(33)25-14-11-22(12-15-25)17-23-13-16-26(18-23)20(2)24-9-7-6-8-10-24/h6-12,14-15,20,23,26H,5,13,16-19H2,1-4H3,(H,30,31)/t20-,23?,26+/m1/s1. The molecule has 1 amide bonds. The molecule has 0 aliphatic heterocycles. The quantitative estimate of drug-likeness (QED) is 0.443. The minimum absolute atomic E-state index is 0.0474. The number of aryl methyl sites for hydroxylation is 1. The molecule has 1 aliphatic rings. The highest BCUT2D eigenvalue weighted by Gasteiger charge is 2.29. The largest absolute Gasteiger partial charge is 0.336 e. The van der Waals surface area contributed by atoms with Crippen LogP contribution in [0.3, 0.4) is 0 Å². The zero-order valence-electron chi connectivity index (χ0n) is 20.5. The normalized spacial score (nSPS) is 18.9. The molecular formula is C29H37N3O. The molecule has 0 saturated heterocycles. The van der Waals surface area contributed by atoms with Gasteiger partial charge in [0.25, 0.3) is 5.91 Å². The summed E-state index contributed by atoms with van der Waals surface area (Å²) < 4.78 is 0. The fourth-order valence-electron chi connectivity index (χ4n) is 5.40. The number of H-pyrrole nitrogens is 1. The lowest BCUT2D eigenvalue weighted by molar-refractivity contribution is 0.0783. The van der Waals surface area contributed by atoms with Crippen molar-refractivity contribution >= 4 is 5.91 Å². The molecule has 2 aromatic carbocycles. The van der Waals surface area contributed by atoms with Crippen LogP contribution in [-0.2, 0) is 19.4 Å². The van der Waals surface area contributed by atoms with E-state index in [0.29, 0.717) is 12.5 Å². The molecule has 1 N–H and O–H groups in total. The molecule has 0 spiro atoms. The molecule has 1 aliphatic carbocycles. The number of amides is 1. The first kappa shape index (κ1) is 23.3. The fraction of sp³-hybridized carbons (Fsp3) is 0.448. The van der Waals surface area contributed by atoms with Gasteiger partial charge in [-0.25, -0.2) is 0 Å². The molecule has 3 atom stereocenters. The van der Waals surface area contributed by atoms with Crippen LogP contribution in [-0.4, -0.2) is 28.1 Å². The van der Waals surface area contributed by atoms with E-state index >= 15 is 0 Å². The van der Waals surface area contributed by atoms with Crippen LogP contribution in [0.2, 0.25) is 0 Å². The van der Waals surface area contributed by atoms with E-state index in [-0.39, 0.29) is 5.91 Å². The van der Waals surface area contributed by atoms with E-state index in [0.717, 1.165) is 47.2 Å². The van der Waals surface area contributed by atoms with E-state index in [1.165, 1.54) is 30.4 Å². The zero-order valence-corrected chi connectivity index (χ0v) is 20.5. The number of carbonyl (C=O) groups excluding carboxylic acids is 1. The minimum atomic E-state index is 0.0474. The van der Waals surface area contributed by atoms with E-state index < -0.39 is 0 Å². The van der Waals surface area contributed by atoms with Gasteiger partial charge in [0.15, 0.2) is 0 Å². The third kappa shape index (κ3) is 5.38. The number of benzene rings is 2. The molecule has 0 radical (unpaired) electrons. The average Bonchev–Trinajstić information content (AvgIpc) is 3.45. The highest BCUT2D eigenvalue weighted by molar-refractivity contribution is 5.94. The maximum atomic E-state index is 12.9. The Morgan fingerprint density at radius 3 is 2.52 bits per heavy atom. The summed E-state index contributed by atoms with van der Waals surface area (Å²) in [5.74, 6) is 2.18. The summed E-state index contributed by atoms with van der Waals surface area (Å²) in [5, 5.41) is 7.44. The lowest BCUT2D eigenvalue weighted by Crippen LogP contribution is -2.26. The summed E-state index contributed by atoms with van der Waals surface area (Å²) in [4.78, 5) is 14.7. The van der Waals surface area contributed by atoms with Crippen LogP contribution in [0.5, 0.6) is 0 Å². The van der Waals surface area contributed by atoms with E-state index in [1.54, 1.807) is 4.90 Å². The lowest BCUT2D eigenvalue weighted by Gasteiger charge is -2.20. The van der Waals surface area contributed by atoms with E-state index in [9.17, 15) is 4.79 Å². The first-order chi connectivity index (χ1) is 16.0. The Kier molecular flexibility index (Phi) is 7.32. The summed E-state index contributed by atoms with van der Waals surface area (Å²) in [5.41, 5.74) is 6.79. The molecule has 1 unspecified atom stereocenters. The van der Waals surface area contributed by atoms with Gasteiger partial charge >= 0.3 is 0 Å². The third-order valence-electron chi connectivity index (χ3n) is 7.63. The van der Waals surface area contributed by atoms with E-state index in [4.69, 9.17) is 0 Å². The predicted octanol–water partition coefficient (Wildman–Crippen LogP) is 6.32. The number of hydrogen-bond donors (Lipinski definition) is 1. The van der Waals surface area contributed by atoms with Gasteiger partial charge in [0.2, 0.25) is 0 Å². The second-order valence-corrected chi connectivity index (χ2v) is 9.83. The molecule has 1 heterocycles. The van der Waals surface area contributed by atoms with Crippen molar-refractivity contribution in [1.29, 1.82) is 0 Å². The molecular weight excluding hydrogens is 406 g/mol. The van der Waals surface area contributed by atoms with Gasteiger partial charge < -0.3 is 4.90 Å². The maximum absolute atomic E-state index is 12.9. The third-order valence-corrected chi connectivity index (χ3v) is 7.63. The highest BCUT2D eigenvalue weighted by atomic mass is 16.2. The van der Waals surface area contributed by atoms with Crippen LogP contribution in [0.15, 0.2) is 54.6 Å². The van der Waals surface area contributed by atoms with Crippen LogP contribution >= 0.6 is 0 Å². The molecule has 1 saturated carbocycles. The Hall–Kier alpha value is -2.88. The Morgan fingerprint density at radius 1 is 1.12 bits per heavy atom. The first-order valence-electron chi connectivity index (χ1n) is 12.4. The highest BCUT2D eigenvalue weighted by Crippen LogP contribution is 2.41. The van der Waals surface area contributed by atoms with Crippen molar-refractivity contribution < 1.29 is 4.79 Å². The summed E-state index contributed by atoms with van der Waals surface area (Å²) in [6.45, 7) is 7.09. The molecule has 1 aromatic heterocycles. The van der Waals surface area contributed by atoms with Crippen molar-refractivity contribution in [2.24, 2.45) is 11.8 Å². The van der Waals surface area contributed by atoms with Gasteiger partial charge in [-0.2, -0.15) is 5.10 Å². The number of rotatable bonds is 8. The number of aromatic amines is 1. The Balaban J connectivity index is 1.31. The van der Waals surface area contributed by atoms with Crippen LogP contribution in [0.25, 0.3) is 0 Å². The monoisotopic (exact) mass is 443 g/mol. The van der Waals surface area contributed by atoms with Gasteiger partial charge in [-0.1, -0.05) is 56.3 Å². The summed E-state index contributed by atoms with van der Waals surface area (Å²) in [6, 6.07) is 19.2. The van der Waals surface area contributed by atoms with Crippen LogP contribution < -0.4 is 0 Å². The Morgan fingerprint density at radius 2 is 1.85 bits per heavy atom. The van der Waals surface area contributed by atoms with Crippen molar-refractivity contribution in [2.75, 3.05) is 7.05 Å². The molecule has 4 nitrogen and oxygen atoms in total. The topological polar surface area (TPSA) is 49.0 Å². The minimum Gasteiger partial charge on any atom is -0.336 e. The summed E-state index contributed by atoms with van der Waals surface area (Å²) >= 11 is 0. The van der Waals surface area contributed by atoms with Gasteiger partial charge in [-0.05, 0) is 85.6 Å². The number of nitrogens with one attached hydrogen (secondary N) is 1. The molecule has 0 bridgehead atoms. The van der Waals surface area contributed by atoms with Crippen LogP contribution in [0.1, 0.15) is 77.5 Å². The number of nitrogens with zero attached hydrogens (tertiary/aromatic N) is 2. The fourth-order valence-corrected chi connectivity index (χ4v) is 5.40. The predicted molar refractivity (Wildman–Crippen MR) is 134 cm³/mol. The van der Waals surface area contributed by atoms with E-state index in [1.807, 2.05) is 19.2 Å². The smallest absolute Gasteiger partial charge is 0.253 e. The molecule has 33 heavy (non-hydrogen) atoms. The second kappa shape index (κ2) is 10.4. The molecule has 174 valence electrons. The number of hydrogen-bond acceptors (Lipinski definition) is 2. The number of carbonyl (C=O) groups is 1. The summed E-state index contributed by atoms with van der Waals surface area (Å²) in [7, 11) is 1.86. The van der Waals surface area contributed by atoms with Crippen LogP contribution in [0, 0.1) is 18.8 Å². The van der Waals surface area contributed by atoms with Crippen LogP contribution in [0.4, 0.5) is 0 Å². The maximum Gasteiger partial charge on any atom is 0.253 e. The van der Waals surface area contributed by atoms with Crippen molar-refractivity contribution in [3.8, 4) is 0 Å². The Bertz CT molecular complexity index is 1050. The van der Waals surface area contributed by atoms with Gasteiger partial charge in [-0.3, -0.25) is 9.89 Å². The van der Waals surface area contributed by atoms with Crippen molar-refractivity contribution in [3.63, 3.8) is 0 Å². The molecule has 4 rings (SSSR count). The lowest BCUT2D eigenvalue weighted by atomic mass is 9.85. The zero-order chi connectivity index (χ0) is 23.4. The molecule has 1 fully saturated rings.